The molecule has 0 saturated heterocycles. The van der Waals surface area contributed by atoms with Crippen molar-refractivity contribution < 1.29 is 17.9 Å². The zero-order valence-electron chi connectivity index (χ0n) is 20.2. The number of sulfonamides is 1. The fourth-order valence-corrected chi connectivity index (χ4v) is 3.95. The van der Waals surface area contributed by atoms with Crippen LogP contribution in [0.2, 0.25) is 0 Å². The zero-order chi connectivity index (χ0) is 24.2. The summed E-state index contributed by atoms with van der Waals surface area (Å²) in [6, 6.07) is 13.7. The van der Waals surface area contributed by atoms with Gasteiger partial charge in [0.1, 0.15) is 5.75 Å². The summed E-state index contributed by atoms with van der Waals surface area (Å²) in [5.74, 6) is 0.277. The van der Waals surface area contributed by atoms with Crippen LogP contribution in [0.4, 0.5) is 5.69 Å². The fourth-order valence-electron chi connectivity index (χ4n) is 3.38. The number of nitrogens with one attached hydrogen (secondary N) is 2. The monoisotopic (exact) mass is 460 g/mol. The standard InChI is InChI=1S/C25H36N2O4S/c1-24(2,3)19-12-10-18(11-13-19)9-8-16-26-23(28)25(4,5)20-14-15-21(22(17-20)31-6)27-32(7,29)30/h10-15,17,27H,8-9,16H2,1-7H3,(H,26,28). The van der Waals surface area contributed by atoms with Gasteiger partial charge in [-0.05, 0) is 60.9 Å². The number of carbonyl (C=O) groups excluding carboxylic acids is 1. The highest BCUT2D eigenvalue weighted by atomic mass is 32.2. The molecule has 6 nitrogen and oxygen atoms in total. The third-order valence-corrected chi connectivity index (χ3v) is 6.12. The molecule has 0 atom stereocenters. The summed E-state index contributed by atoms with van der Waals surface area (Å²) in [5.41, 5.74) is 2.98. The maximum absolute atomic E-state index is 12.9. The van der Waals surface area contributed by atoms with E-state index in [4.69, 9.17) is 4.74 Å². The zero-order valence-corrected chi connectivity index (χ0v) is 21.0. The van der Waals surface area contributed by atoms with Crippen molar-refractivity contribution in [1.29, 1.82) is 0 Å². The largest absolute Gasteiger partial charge is 0.495 e. The average molecular weight is 461 g/mol. The van der Waals surface area contributed by atoms with Crippen molar-refractivity contribution in [2.24, 2.45) is 0 Å². The van der Waals surface area contributed by atoms with Gasteiger partial charge in [-0.1, -0.05) is 51.1 Å². The summed E-state index contributed by atoms with van der Waals surface area (Å²) in [6.45, 7) is 10.9. The minimum absolute atomic E-state index is 0.0912. The Morgan fingerprint density at radius 2 is 1.56 bits per heavy atom. The second kappa shape index (κ2) is 9.94. The van der Waals surface area contributed by atoms with Crippen molar-refractivity contribution in [3.05, 3.63) is 59.2 Å². The molecule has 0 aliphatic carbocycles. The molecule has 2 aromatic carbocycles. The van der Waals surface area contributed by atoms with Crippen LogP contribution in [-0.2, 0) is 32.1 Å². The number of rotatable bonds is 9. The molecule has 2 N–H and O–H groups in total. The lowest BCUT2D eigenvalue weighted by Crippen LogP contribution is -2.40. The molecule has 0 bridgehead atoms. The van der Waals surface area contributed by atoms with E-state index in [0.717, 1.165) is 24.7 Å². The first-order valence-electron chi connectivity index (χ1n) is 10.8. The highest BCUT2D eigenvalue weighted by Gasteiger charge is 2.30. The molecule has 0 aromatic heterocycles. The van der Waals surface area contributed by atoms with Crippen LogP contribution in [0.5, 0.6) is 5.75 Å². The van der Waals surface area contributed by atoms with E-state index in [1.807, 2.05) is 13.8 Å². The maximum Gasteiger partial charge on any atom is 0.230 e. The molecule has 0 heterocycles. The Kier molecular flexibility index (Phi) is 7.99. The third kappa shape index (κ3) is 6.99. The van der Waals surface area contributed by atoms with Gasteiger partial charge in [-0.25, -0.2) is 8.42 Å². The molecule has 1 amide bonds. The van der Waals surface area contributed by atoms with Gasteiger partial charge < -0.3 is 10.1 Å². The van der Waals surface area contributed by atoms with Crippen LogP contribution in [0.25, 0.3) is 0 Å². The summed E-state index contributed by atoms with van der Waals surface area (Å²) in [7, 11) is -1.97. The predicted octanol–water partition coefficient (Wildman–Crippen LogP) is 4.39. The normalized spacial score (nSPS) is 12.3. The SMILES string of the molecule is COc1cc(C(C)(C)C(=O)NCCCc2ccc(C(C)(C)C)cc2)ccc1NS(C)(=O)=O. The molecule has 0 unspecified atom stereocenters. The Morgan fingerprint density at radius 3 is 2.09 bits per heavy atom. The van der Waals surface area contributed by atoms with Gasteiger partial charge in [0.15, 0.2) is 0 Å². The highest BCUT2D eigenvalue weighted by molar-refractivity contribution is 7.92. The van der Waals surface area contributed by atoms with E-state index >= 15 is 0 Å². The van der Waals surface area contributed by atoms with Crippen LogP contribution < -0.4 is 14.8 Å². The van der Waals surface area contributed by atoms with Crippen molar-refractivity contribution in [2.75, 3.05) is 24.6 Å². The Morgan fingerprint density at radius 1 is 0.969 bits per heavy atom. The van der Waals surface area contributed by atoms with Crippen molar-refractivity contribution in [3.8, 4) is 5.75 Å². The number of hydrogen-bond acceptors (Lipinski definition) is 4. The van der Waals surface area contributed by atoms with Gasteiger partial charge in [-0.15, -0.1) is 0 Å². The summed E-state index contributed by atoms with van der Waals surface area (Å²) in [6.07, 6.45) is 2.82. The smallest absolute Gasteiger partial charge is 0.230 e. The first-order chi connectivity index (χ1) is 14.7. The van der Waals surface area contributed by atoms with Gasteiger partial charge in [-0.2, -0.15) is 0 Å². The molecule has 0 radical (unpaired) electrons. The van der Waals surface area contributed by atoms with E-state index < -0.39 is 15.4 Å². The summed E-state index contributed by atoms with van der Waals surface area (Å²) < 4.78 is 30.8. The number of aryl methyl sites for hydroxylation is 1. The molecule has 0 aliphatic rings. The molecule has 2 aromatic rings. The number of carbonyl (C=O) groups is 1. The van der Waals surface area contributed by atoms with Gasteiger partial charge in [0.25, 0.3) is 0 Å². The predicted molar refractivity (Wildman–Crippen MR) is 131 cm³/mol. The van der Waals surface area contributed by atoms with Gasteiger partial charge in [0.05, 0.1) is 24.5 Å². The van der Waals surface area contributed by atoms with E-state index in [-0.39, 0.29) is 11.3 Å². The summed E-state index contributed by atoms with van der Waals surface area (Å²) >= 11 is 0. The maximum atomic E-state index is 12.9. The Bertz CT molecular complexity index is 1040. The van der Waals surface area contributed by atoms with Crippen LogP contribution in [0.15, 0.2) is 42.5 Å². The van der Waals surface area contributed by atoms with Crippen molar-refractivity contribution >= 4 is 21.6 Å². The Balaban J connectivity index is 1.97. The van der Waals surface area contributed by atoms with Crippen molar-refractivity contribution in [1.82, 2.24) is 5.32 Å². The second-order valence-corrected chi connectivity index (χ2v) is 11.5. The number of hydrogen-bond donors (Lipinski definition) is 2. The molecule has 0 aliphatic heterocycles. The quantitative estimate of drug-likeness (QED) is 0.544. The van der Waals surface area contributed by atoms with Crippen molar-refractivity contribution in [3.63, 3.8) is 0 Å². The molecule has 0 saturated carbocycles. The molecular formula is C25H36N2O4S. The van der Waals surface area contributed by atoms with Crippen LogP contribution in [-0.4, -0.2) is 34.2 Å². The van der Waals surface area contributed by atoms with Crippen LogP contribution in [0, 0.1) is 0 Å². The van der Waals surface area contributed by atoms with E-state index in [9.17, 15) is 13.2 Å². The average Bonchev–Trinajstić information content (AvgIpc) is 2.69. The van der Waals surface area contributed by atoms with Gasteiger partial charge >= 0.3 is 0 Å². The summed E-state index contributed by atoms with van der Waals surface area (Å²) in [5, 5.41) is 3.03. The lowest BCUT2D eigenvalue weighted by Gasteiger charge is -2.25. The first-order valence-corrected chi connectivity index (χ1v) is 12.7. The summed E-state index contributed by atoms with van der Waals surface area (Å²) in [4.78, 5) is 12.9. The van der Waals surface area contributed by atoms with Crippen molar-refractivity contribution in [2.45, 2.75) is 58.3 Å². The number of benzene rings is 2. The molecule has 32 heavy (non-hydrogen) atoms. The highest BCUT2D eigenvalue weighted by Crippen LogP contribution is 2.32. The van der Waals surface area contributed by atoms with Gasteiger partial charge in [0, 0.05) is 6.54 Å². The second-order valence-electron chi connectivity index (χ2n) is 9.72. The topological polar surface area (TPSA) is 84.5 Å². The van der Waals surface area contributed by atoms with Crippen LogP contribution >= 0.6 is 0 Å². The Labute approximate surface area is 192 Å². The molecule has 0 fully saturated rings. The molecule has 176 valence electrons. The van der Waals surface area contributed by atoms with E-state index in [1.165, 1.54) is 18.2 Å². The molecule has 2 rings (SSSR count). The van der Waals surface area contributed by atoms with E-state index in [2.05, 4.69) is 55.1 Å². The first kappa shape index (κ1) is 25.7. The van der Waals surface area contributed by atoms with Crippen LogP contribution in [0.3, 0.4) is 0 Å². The number of amides is 1. The molecule has 7 heteroatoms. The third-order valence-electron chi connectivity index (χ3n) is 5.53. The van der Waals surface area contributed by atoms with Gasteiger partial charge in [-0.3, -0.25) is 9.52 Å². The fraction of sp³-hybridized carbons (Fsp3) is 0.480. The number of methoxy groups -OCH3 is 1. The van der Waals surface area contributed by atoms with E-state index in [1.54, 1.807) is 18.2 Å². The minimum Gasteiger partial charge on any atom is -0.495 e. The number of ether oxygens (including phenoxy) is 1. The van der Waals surface area contributed by atoms with Crippen LogP contribution in [0.1, 0.15) is 57.7 Å². The molecule has 0 spiro atoms. The lowest BCUT2D eigenvalue weighted by atomic mass is 9.83. The lowest BCUT2D eigenvalue weighted by molar-refractivity contribution is -0.125. The van der Waals surface area contributed by atoms with Gasteiger partial charge in [0.2, 0.25) is 15.9 Å². The molecular weight excluding hydrogens is 424 g/mol. The number of anilines is 1. The minimum atomic E-state index is -3.43. The van der Waals surface area contributed by atoms with E-state index in [0.29, 0.717) is 18.0 Å². The Hall–Kier alpha value is -2.54.